The van der Waals surface area contributed by atoms with Crippen molar-refractivity contribution in [3.8, 4) is 0 Å². The molecule has 6 heteroatoms. The molecule has 0 radical (unpaired) electrons. The van der Waals surface area contributed by atoms with Gasteiger partial charge in [0.25, 0.3) is 5.91 Å². The summed E-state index contributed by atoms with van der Waals surface area (Å²) in [6.07, 6.45) is 3.90. The number of thiophene rings is 1. The molecule has 2 aromatic rings. The average Bonchev–Trinajstić information content (AvgIpc) is 3.22. The van der Waals surface area contributed by atoms with Gasteiger partial charge in [-0.2, -0.15) is 0 Å². The number of likely N-dealkylation sites (tertiary alicyclic amines) is 1. The highest BCUT2D eigenvalue weighted by atomic mass is 32.1. The molecular weight excluding hydrogens is 308 g/mol. The number of hydrogen-bond donors (Lipinski definition) is 0. The lowest BCUT2D eigenvalue weighted by Crippen LogP contribution is -2.57. The Bertz CT molecular complexity index is 713. The van der Waals surface area contributed by atoms with Crippen LogP contribution in [0.15, 0.2) is 23.7 Å². The molecule has 0 N–H and O–H groups in total. The molecule has 1 fully saturated rings. The fourth-order valence-corrected chi connectivity index (χ4v) is 4.68. The highest BCUT2D eigenvalue weighted by Gasteiger charge is 2.46. The third-order valence-electron chi connectivity index (χ3n) is 5.47. The molecule has 0 unspecified atom stereocenters. The number of fused-ring (bicyclic) bond motifs is 2. The zero-order chi connectivity index (χ0) is 16.0. The SMILES string of the molecule is Cc1cnc2n1CCN(C)C21CCN(C(=O)c2cccs2)CC1. The molecule has 1 saturated heterocycles. The van der Waals surface area contributed by atoms with Crippen molar-refractivity contribution in [2.24, 2.45) is 0 Å². The van der Waals surface area contributed by atoms with Crippen molar-refractivity contribution >= 4 is 17.2 Å². The molecule has 4 rings (SSSR count). The lowest BCUT2D eigenvalue weighted by atomic mass is 9.83. The Morgan fingerprint density at radius 1 is 1.26 bits per heavy atom. The van der Waals surface area contributed by atoms with Gasteiger partial charge in [-0.25, -0.2) is 4.98 Å². The summed E-state index contributed by atoms with van der Waals surface area (Å²) in [5.74, 6) is 1.36. The van der Waals surface area contributed by atoms with Crippen molar-refractivity contribution in [3.05, 3.63) is 40.1 Å². The van der Waals surface area contributed by atoms with E-state index >= 15 is 0 Å². The largest absolute Gasteiger partial charge is 0.338 e. The Hall–Kier alpha value is -1.66. The van der Waals surface area contributed by atoms with E-state index in [1.54, 1.807) is 0 Å². The first-order chi connectivity index (χ1) is 11.1. The van der Waals surface area contributed by atoms with Crippen molar-refractivity contribution in [2.75, 3.05) is 26.7 Å². The monoisotopic (exact) mass is 330 g/mol. The summed E-state index contributed by atoms with van der Waals surface area (Å²) in [6.45, 7) is 5.78. The van der Waals surface area contributed by atoms with E-state index < -0.39 is 0 Å². The van der Waals surface area contributed by atoms with Crippen LogP contribution in [-0.4, -0.2) is 51.9 Å². The van der Waals surface area contributed by atoms with Crippen LogP contribution in [0.5, 0.6) is 0 Å². The molecule has 0 aromatic carbocycles. The first-order valence-electron chi connectivity index (χ1n) is 8.18. The van der Waals surface area contributed by atoms with Crippen molar-refractivity contribution < 1.29 is 4.79 Å². The predicted octanol–water partition coefficient (Wildman–Crippen LogP) is 2.33. The molecule has 0 aliphatic carbocycles. The number of piperidine rings is 1. The Kier molecular flexibility index (Phi) is 3.54. The molecule has 4 heterocycles. The van der Waals surface area contributed by atoms with Crippen molar-refractivity contribution in [2.45, 2.75) is 31.8 Å². The summed E-state index contributed by atoms with van der Waals surface area (Å²) in [5.41, 5.74) is 1.23. The lowest BCUT2D eigenvalue weighted by molar-refractivity contribution is 0.00972. The van der Waals surface area contributed by atoms with Crippen LogP contribution in [-0.2, 0) is 12.1 Å². The molecular formula is C17H22N4OS. The third kappa shape index (κ3) is 2.23. The summed E-state index contributed by atoms with van der Waals surface area (Å²) in [7, 11) is 2.20. The fraction of sp³-hybridized carbons (Fsp3) is 0.529. The van der Waals surface area contributed by atoms with E-state index in [-0.39, 0.29) is 11.4 Å². The van der Waals surface area contributed by atoms with E-state index in [0.29, 0.717) is 0 Å². The maximum absolute atomic E-state index is 12.6. The van der Waals surface area contributed by atoms with E-state index in [0.717, 1.165) is 43.9 Å². The van der Waals surface area contributed by atoms with Crippen LogP contribution in [0.3, 0.4) is 0 Å². The standard InChI is InChI=1S/C17H22N4OS/c1-13-12-18-16-17(19(2)9-10-21(13)16)5-7-20(8-6-17)15(22)14-4-3-11-23-14/h3-4,11-12H,5-10H2,1-2H3. The van der Waals surface area contributed by atoms with Crippen LogP contribution < -0.4 is 0 Å². The molecule has 1 spiro atoms. The normalized spacial score (nSPS) is 20.7. The van der Waals surface area contributed by atoms with Gasteiger partial charge in [0.1, 0.15) is 5.82 Å². The summed E-state index contributed by atoms with van der Waals surface area (Å²) in [4.78, 5) is 22.6. The molecule has 5 nitrogen and oxygen atoms in total. The van der Waals surface area contributed by atoms with Gasteiger partial charge in [-0.3, -0.25) is 9.69 Å². The number of imidazole rings is 1. The first kappa shape index (κ1) is 14.9. The Balaban J connectivity index is 1.58. The van der Waals surface area contributed by atoms with E-state index in [1.807, 2.05) is 28.6 Å². The number of hydrogen-bond acceptors (Lipinski definition) is 4. The van der Waals surface area contributed by atoms with Gasteiger partial charge in [0.05, 0.1) is 10.4 Å². The van der Waals surface area contributed by atoms with Crippen LogP contribution in [0.1, 0.15) is 34.0 Å². The Morgan fingerprint density at radius 2 is 2.04 bits per heavy atom. The minimum atomic E-state index is -0.0151. The van der Waals surface area contributed by atoms with Crippen molar-refractivity contribution in [1.29, 1.82) is 0 Å². The van der Waals surface area contributed by atoms with Crippen LogP contribution in [0.4, 0.5) is 0 Å². The number of aromatic nitrogens is 2. The zero-order valence-electron chi connectivity index (χ0n) is 13.7. The molecule has 2 aromatic heterocycles. The highest BCUT2D eigenvalue weighted by molar-refractivity contribution is 7.12. The lowest BCUT2D eigenvalue weighted by Gasteiger charge is -2.49. The minimum absolute atomic E-state index is 0.0151. The van der Waals surface area contributed by atoms with Gasteiger partial charge in [-0.1, -0.05) is 6.07 Å². The molecule has 1 amide bonds. The van der Waals surface area contributed by atoms with Crippen molar-refractivity contribution in [1.82, 2.24) is 19.4 Å². The third-order valence-corrected chi connectivity index (χ3v) is 6.33. The van der Waals surface area contributed by atoms with Crippen LogP contribution in [0.2, 0.25) is 0 Å². The van der Waals surface area contributed by atoms with Gasteiger partial charge in [-0.05, 0) is 38.3 Å². The van der Waals surface area contributed by atoms with Gasteiger partial charge in [0.15, 0.2) is 0 Å². The number of carbonyl (C=O) groups excluding carboxylic acids is 1. The second-order valence-corrected chi connectivity index (χ2v) is 7.55. The van der Waals surface area contributed by atoms with Crippen LogP contribution >= 0.6 is 11.3 Å². The first-order valence-corrected chi connectivity index (χ1v) is 9.06. The minimum Gasteiger partial charge on any atom is -0.338 e. The van der Waals surface area contributed by atoms with Crippen LogP contribution in [0, 0.1) is 6.92 Å². The molecule has 23 heavy (non-hydrogen) atoms. The summed E-state index contributed by atoms with van der Waals surface area (Å²) in [6, 6.07) is 3.86. The number of aryl methyl sites for hydroxylation is 1. The van der Waals surface area contributed by atoms with Gasteiger partial charge < -0.3 is 9.47 Å². The Labute approximate surface area is 140 Å². The van der Waals surface area contributed by atoms with Gasteiger partial charge in [-0.15, -0.1) is 11.3 Å². The Morgan fingerprint density at radius 3 is 2.74 bits per heavy atom. The van der Waals surface area contributed by atoms with Crippen LogP contribution in [0.25, 0.3) is 0 Å². The summed E-state index contributed by atoms with van der Waals surface area (Å²) >= 11 is 1.53. The second-order valence-electron chi connectivity index (χ2n) is 6.60. The van der Waals surface area contributed by atoms with Crippen molar-refractivity contribution in [3.63, 3.8) is 0 Å². The topological polar surface area (TPSA) is 41.4 Å². The molecule has 0 atom stereocenters. The molecule has 0 bridgehead atoms. The number of likely N-dealkylation sites (N-methyl/N-ethyl adjacent to an activating group) is 1. The number of nitrogens with zero attached hydrogens (tertiary/aromatic N) is 4. The molecule has 0 saturated carbocycles. The summed E-state index contributed by atoms with van der Waals surface area (Å²) < 4.78 is 2.36. The van der Waals surface area contributed by atoms with E-state index in [1.165, 1.54) is 22.9 Å². The van der Waals surface area contributed by atoms with E-state index in [4.69, 9.17) is 4.98 Å². The maximum atomic E-state index is 12.6. The number of rotatable bonds is 1. The highest BCUT2D eigenvalue weighted by Crippen LogP contribution is 2.40. The predicted molar refractivity (Wildman–Crippen MR) is 90.7 cm³/mol. The number of carbonyl (C=O) groups is 1. The average molecular weight is 330 g/mol. The van der Waals surface area contributed by atoms with E-state index in [2.05, 4.69) is 23.4 Å². The van der Waals surface area contributed by atoms with E-state index in [9.17, 15) is 4.79 Å². The van der Waals surface area contributed by atoms with Gasteiger partial charge >= 0.3 is 0 Å². The molecule has 122 valence electrons. The van der Waals surface area contributed by atoms with Gasteiger partial charge in [0, 0.05) is 38.1 Å². The second kappa shape index (κ2) is 5.46. The maximum Gasteiger partial charge on any atom is 0.263 e. The quantitative estimate of drug-likeness (QED) is 0.806. The smallest absolute Gasteiger partial charge is 0.263 e. The zero-order valence-corrected chi connectivity index (χ0v) is 14.5. The molecule has 2 aliphatic rings. The molecule has 2 aliphatic heterocycles. The van der Waals surface area contributed by atoms with Gasteiger partial charge in [0.2, 0.25) is 0 Å². The number of amides is 1. The summed E-state index contributed by atoms with van der Waals surface area (Å²) in [5, 5.41) is 1.97. The fourth-order valence-electron chi connectivity index (χ4n) is 3.99.